The van der Waals surface area contributed by atoms with Crippen molar-refractivity contribution in [3.05, 3.63) is 112 Å². The standard InChI is InChI=1S/C23H12Cl3N7O3/c24-13-3-1-2-12(6-13)11-31-19-10-28-33(18(19)4-5-20(31)34)21-15(25)7-14(8-16(21)26)32-23(36)29-22(35)17(9-27)30-32/h1-8,10H,11H2,(H,29,35,36). The van der Waals surface area contributed by atoms with Gasteiger partial charge in [0.25, 0.3) is 11.1 Å². The van der Waals surface area contributed by atoms with Crippen LogP contribution in [0.3, 0.4) is 0 Å². The van der Waals surface area contributed by atoms with Crippen LogP contribution in [0, 0.1) is 11.3 Å². The molecule has 0 unspecified atom stereocenters. The zero-order valence-electron chi connectivity index (χ0n) is 17.9. The van der Waals surface area contributed by atoms with E-state index in [2.05, 4.69) is 10.2 Å². The molecule has 0 aliphatic carbocycles. The summed E-state index contributed by atoms with van der Waals surface area (Å²) in [4.78, 5) is 38.6. The van der Waals surface area contributed by atoms with Crippen molar-refractivity contribution in [2.45, 2.75) is 6.54 Å². The van der Waals surface area contributed by atoms with E-state index in [4.69, 9.17) is 40.1 Å². The monoisotopic (exact) mass is 539 g/mol. The Kier molecular flexibility index (Phi) is 5.97. The van der Waals surface area contributed by atoms with Gasteiger partial charge in [-0.1, -0.05) is 46.9 Å². The molecule has 0 bridgehead atoms. The Hall–Kier alpha value is -4.17. The Morgan fingerprint density at radius 2 is 1.69 bits per heavy atom. The number of aromatic nitrogens is 6. The van der Waals surface area contributed by atoms with Crippen LogP contribution in [0.25, 0.3) is 22.4 Å². The van der Waals surface area contributed by atoms with Gasteiger partial charge in [0.2, 0.25) is 5.69 Å². The van der Waals surface area contributed by atoms with Crippen molar-refractivity contribution in [3.8, 4) is 17.4 Å². The van der Waals surface area contributed by atoms with E-state index in [9.17, 15) is 14.4 Å². The minimum atomic E-state index is -0.903. The third-order valence-corrected chi connectivity index (χ3v) is 6.16. The van der Waals surface area contributed by atoms with Crippen LogP contribution in [-0.2, 0) is 6.54 Å². The molecule has 3 aromatic heterocycles. The molecule has 0 aliphatic heterocycles. The molecule has 5 rings (SSSR count). The number of H-pyrrole nitrogens is 1. The Bertz CT molecular complexity index is 1870. The van der Waals surface area contributed by atoms with Crippen molar-refractivity contribution in [2.75, 3.05) is 0 Å². The van der Waals surface area contributed by atoms with Crippen molar-refractivity contribution < 1.29 is 0 Å². The molecule has 0 atom stereocenters. The van der Waals surface area contributed by atoms with Crippen LogP contribution < -0.4 is 16.8 Å². The highest BCUT2D eigenvalue weighted by Gasteiger charge is 2.18. The van der Waals surface area contributed by atoms with Gasteiger partial charge in [0.05, 0.1) is 39.5 Å². The minimum Gasteiger partial charge on any atom is -0.301 e. The fourth-order valence-electron chi connectivity index (χ4n) is 3.76. The maximum Gasteiger partial charge on any atom is 0.349 e. The maximum atomic E-state index is 12.7. The zero-order valence-corrected chi connectivity index (χ0v) is 20.2. The van der Waals surface area contributed by atoms with Gasteiger partial charge in [-0.2, -0.15) is 15.0 Å². The highest BCUT2D eigenvalue weighted by atomic mass is 35.5. The lowest BCUT2D eigenvalue weighted by Crippen LogP contribution is -2.33. The van der Waals surface area contributed by atoms with Gasteiger partial charge < -0.3 is 4.57 Å². The molecule has 0 aliphatic rings. The molecule has 0 radical (unpaired) electrons. The summed E-state index contributed by atoms with van der Waals surface area (Å²) in [5, 5.41) is 18.0. The Morgan fingerprint density at radius 3 is 2.39 bits per heavy atom. The first-order valence-corrected chi connectivity index (χ1v) is 11.4. The largest absolute Gasteiger partial charge is 0.349 e. The molecular formula is C23H12Cl3N7O3. The second-order valence-corrected chi connectivity index (χ2v) is 8.85. The van der Waals surface area contributed by atoms with Gasteiger partial charge in [-0.15, -0.1) is 5.10 Å². The Balaban J connectivity index is 1.64. The first-order valence-electron chi connectivity index (χ1n) is 10.2. The molecule has 2 aromatic carbocycles. The molecule has 5 aromatic rings. The molecule has 178 valence electrons. The number of fused-ring (bicyclic) bond motifs is 1. The van der Waals surface area contributed by atoms with E-state index in [0.29, 0.717) is 21.7 Å². The molecule has 1 N–H and O–H groups in total. The van der Waals surface area contributed by atoms with E-state index < -0.39 is 16.9 Å². The summed E-state index contributed by atoms with van der Waals surface area (Å²) >= 11 is 19.2. The lowest BCUT2D eigenvalue weighted by Gasteiger charge is -2.13. The molecule has 10 nitrogen and oxygen atoms in total. The predicted molar refractivity (Wildman–Crippen MR) is 135 cm³/mol. The summed E-state index contributed by atoms with van der Waals surface area (Å²) in [6.45, 7) is 0.269. The van der Waals surface area contributed by atoms with Crippen molar-refractivity contribution in [3.63, 3.8) is 0 Å². The van der Waals surface area contributed by atoms with Gasteiger partial charge in [-0.3, -0.25) is 14.6 Å². The van der Waals surface area contributed by atoms with E-state index in [0.717, 1.165) is 10.2 Å². The summed E-state index contributed by atoms with van der Waals surface area (Å²) < 4.78 is 3.83. The van der Waals surface area contributed by atoms with Crippen molar-refractivity contribution in [1.29, 1.82) is 5.26 Å². The molecular weight excluding hydrogens is 529 g/mol. The lowest BCUT2D eigenvalue weighted by molar-refractivity contribution is 0.740. The van der Waals surface area contributed by atoms with Crippen LogP contribution in [-0.4, -0.2) is 29.1 Å². The predicted octanol–water partition coefficient (Wildman–Crippen LogP) is 3.30. The zero-order chi connectivity index (χ0) is 25.6. The molecule has 0 saturated carbocycles. The maximum absolute atomic E-state index is 12.7. The molecule has 0 amide bonds. The van der Waals surface area contributed by atoms with Gasteiger partial charge in [0.1, 0.15) is 11.8 Å². The van der Waals surface area contributed by atoms with E-state index in [1.807, 2.05) is 11.1 Å². The first kappa shape index (κ1) is 23.6. The number of hydrogen-bond acceptors (Lipinski definition) is 6. The number of nitrogens with zero attached hydrogens (tertiary/aromatic N) is 6. The number of benzene rings is 2. The fourth-order valence-corrected chi connectivity index (χ4v) is 4.60. The van der Waals surface area contributed by atoms with E-state index in [1.165, 1.54) is 29.1 Å². The van der Waals surface area contributed by atoms with Crippen LogP contribution >= 0.6 is 34.8 Å². The fraction of sp³-hybridized carbons (Fsp3) is 0.0435. The highest BCUT2D eigenvalue weighted by Crippen LogP contribution is 2.33. The third kappa shape index (κ3) is 4.09. The molecule has 13 heteroatoms. The van der Waals surface area contributed by atoms with E-state index in [-0.39, 0.29) is 27.8 Å². The second-order valence-electron chi connectivity index (χ2n) is 7.60. The Morgan fingerprint density at radius 1 is 0.944 bits per heavy atom. The van der Waals surface area contributed by atoms with Crippen molar-refractivity contribution in [2.24, 2.45) is 0 Å². The molecule has 36 heavy (non-hydrogen) atoms. The topological polar surface area (TPSA) is 131 Å². The van der Waals surface area contributed by atoms with Crippen LogP contribution in [0.2, 0.25) is 15.1 Å². The van der Waals surface area contributed by atoms with Crippen LogP contribution in [0.1, 0.15) is 11.3 Å². The summed E-state index contributed by atoms with van der Waals surface area (Å²) in [7, 11) is 0. The van der Waals surface area contributed by atoms with E-state index in [1.54, 1.807) is 34.9 Å². The Labute approximate surface area is 216 Å². The number of nitrogens with one attached hydrogen (secondary N) is 1. The average molecular weight is 541 g/mol. The van der Waals surface area contributed by atoms with Crippen molar-refractivity contribution in [1.82, 2.24) is 29.1 Å². The highest BCUT2D eigenvalue weighted by molar-refractivity contribution is 6.38. The van der Waals surface area contributed by atoms with Crippen LogP contribution in [0.4, 0.5) is 0 Å². The molecule has 3 heterocycles. The molecule has 0 fully saturated rings. The van der Waals surface area contributed by atoms with E-state index >= 15 is 0 Å². The smallest absolute Gasteiger partial charge is 0.301 e. The summed E-state index contributed by atoms with van der Waals surface area (Å²) in [5.41, 5.74) is -0.152. The molecule has 0 saturated heterocycles. The van der Waals surface area contributed by atoms with Gasteiger partial charge >= 0.3 is 5.69 Å². The minimum absolute atomic E-state index is 0.105. The first-order chi connectivity index (χ1) is 17.3. The lowest BCUT2D eigenvalue weighted by atomic mass is 10.2. The van der Waals surface area contributed by atoms with Gasteiger partial charge in [0, 0.05) is 11.1 Å². The normalized spacial score (nSPS) is 11.1. The summed E-state index contributed by atoms with van der Waals surface area (Å²) in [5.74, 6) is 0. The number of hydrogen-bond donors (Lipinski definition) is 1. The number of halogens is 3. The quantitative estimate of drug-likeness (QED) is 0.372. The summed E-state index contributed by atoms with van der Waals surface area (Å²) in [6, 6.07) is 14.6. The van der Waals surface area contributed by atoms with Crippen molar-refractivity contribution >= 4 is 45.8 Å². The van der Waals surface area contributed by atoms with Crippen LogP contribution in [0.15, 0.2) is 69.1 Å². The molecule has 0 spiro atoms. The van der Waals surface area contributed by atoms with Gasteiger partial charge in [-0.25, -0.2) is 9.48 Å². The number of nitriles is 1. The summed E-state index contributed by atoms with van der Waals surface area (Å²) in [6.07, 6.45) is 1.52. The number of rotatable bonds is 4. The second kappa shape index (κ2) is 9.13. The SMILES string of the molecule is N#Cc1nn(-c2cc(Cl)c(-n3ncc4c3ccc(=O)n4Cc3cccc(Cl)c3)c(Cl)c2)c(=O)[nH]c1=O. The third-order valence-electron chi connectivity index (χ3n) is 5.35. The van der Waals surface area contributed by atoms with Gasteiger partial charge in [0.15, 0.2) is 0 Å². The van der Waals surface area contributed by atoms with Crippen LogP contribution in [0.5, 0.6) is 0 Å². The average Bonchev–Trinajstić information content (AvgIpc) is 3.24. The number of aromatic amines is 1. The van der Waals surface area contributed by atoms with Gasteiger partial charge in [-0.05, 0) is 35.9 Å². The number of pyridine rings is 1.